The molecule has 3 aromatic rings. The van der Waals surface area contributed by atoms with E-state index in [0.29, 0.717) is 31.9 Å². The number of anilines is 1. The molecule has 0 radical (unpaired) electrons. The first kappa shape index (κ1) is 23.0. The van der Waals surface area contributed by atoms with Gasteiger partial charge in [-0.2, -0.15) is 4.31 Å². The molecule has 2 heterocycles. The smallest absolute Gasteiger partial charge is 0.246 e. The van der Waals surface area contributed by atoms with Crippen LogP contribution in [-0.2, 0) is 10.0 Å². The number of piperazine rings is 1. The third kappa shape index (κ3) is 4.65. The minimum Gasteiger partial charge on any atom is -0.497 e. The Morgan fingerprint density at radius 2 is 1.58 bits per heavy atom. The Bertz CT molecular complexity index is 1240. The van der Waals surface area contributed by atoms with Gasteiger partial charge in [-0.1, -0.05) is 12.1 Å². The molecular weight excluding hydrogens is 440 g/mol. The third-order valence-electron chi connectivity index (χ3n) is 6.00. The molecule has 0 spiro atoms. The SMILES string of the molecule is COc1ccc(S(=O)(=O)N2CCN(c3ccc(-c4ccc(C)c(C)c4)nn3)CC2)c(OC)c1. The van der Waals surface area contributed by atoms with E-state index in [1.165, 1.54) is 35.7 Å². The van der Waals surface area contributed by atoms with Gasteiger partial charge < -0.3 is 14.4 Å². The zero-order valence-corrected chi connectivity index (χ0v) is 20.1. The second-order valence-electron chi connectivity index (χ2n) is 7.98. The Morgan fingerprint density at radius 3 is 2.18 bits per heavy atom. The van der Waals surface area contributed by atoms with Gasteiger partial charge in [-0.05, 0) is 55.3 Å². The van der Waals surface area contributed by atoms with Crippen molar-refractivity contribution in [3.8, 4) is 22.8 Å². The lowest BCUT2D eigenvalue weighted by atomic mass is 10.0. The van der Waals surface area contributed by atoms with Gasteiger partial charge in [-0.3, -0.25) is 0 Å². The zero-order valence-electron chi connectivity index (χ0n) is 19.3. The molecule has 9 heteroatoms. The predicted octanol–water partition coefficient (Wildman–Crippen LogP) is 3.29. The highest BCUT2D eigenvalue weighted by Crippen LogP contribution is 2.31. The number of hydrogen-bond donors (Lipinski definition) is 0. The van der Waals surface area contributed by atoms with Crippen molar-refractivity contribution in [3.63, 3.8) is 0 Å². The topological polar surface area (TPSA) is 84.9 Å². The molecule has 0 saturated carbocycles. The molecule has 4 rings (SSSR count). The summed E-state index contributed by atoms with van der Waals surface area (Å²) in [4.78, 5) is 2.19. The third-order valence-corrected chi connectivity index (χ3v) is 7.94. The summed E-state index contributed by atoms with van der Waals surface area (Å²) >= 11 is 0. The number of methoxy groups -OCH3 is 2. The number of sulfonamides is 1. The summed E-state index contributed by atoms with van der Waals surface area (Å²) in [6.45, 7) is 5.90. The van der Waals surface area contributed by atoms with Crippen molar-refractivity contribution < 1.29 is 17.9 Å². The van der Waals surface area contributed by atoms with E-state index in [0.717, 1.165) is 17.1 Å². The molecule has 33 heavy (non-hydrogen) atoms. The fourth-order valence-electron chi connectivity index (χ4n) is 3.83. The van der Waals surface area contributed by atoms with Crippen LogP contribution in [0.1, 0.15) is 11.1 Å². The number of aromatic nitrogens is 2. The first-order valence-corrected chi connectivity index (χ1v) is 12.2. The molecule has 1 saturated heterocycles. The Hall–Kier alpha value is -3.17. The predicted molar refractivity (Wildman–Crippen MR) is 127 cm³/mol. The molecule has 174 valence electrons. The fraction of sp³-hybridized carbons (Fsp3) is 0.333. The molecule has 0 aliphatic carbocycles. The Kier molecular flexibility index (Phi) is 6.53. The Labute approximate surface area is 194 Å². The Balaban J connectivity index is 1.46. The van der Waals surface area contributed by atoms with E-state index < -0.39 is 10.0 Å². The lowest BCUT2D eigenvalue weighted by Gasteiger charge is -2.34. The van der Waals surface area contributed by atoms with Crippen molar-refractivity contribution in [2.45, 2.75) is 18.7 Å². The van der Waals surface area contributed by atoms with Crippen molar-refractivity contribution in [3.05, 3.63) is 59.7 Å². The van der Waals surface area contributed by atoms with E-state index in [2.05, 4.69) is 41.1 Å². The van der Waals surface area contributed by atoms with Crippen molar-refractivity contribution in [2.24, 2.45) is 0 Å². The van der Waals surface area contributed by atoms with Gasteiger partial charge in [0.15, 0.2) is 5.82 Å². The molecule has 1 aliphatic rings. The van der Waals surface area contributed by atoms with Gasteiger partial charge >= 0.3 is 0 Å². The second kappa shape index (κ2) is 9.36. The van der Waals surface area contributed by atoms with E-state index in [1.54, 1.807) is 12.1 Å². The van der Waals surface area contributed by atoms with E-state index in [4.69, 9.17) is 9.47 Å². The standard InChI is InChI=1S/C24H28N4O4S/c1-17-5-6-19(15-18(17)2)21-8-10-24(26-25-21)27-11-13-28(14-12-27)33(29,30)23-9-7-20(31-3)16-22(23)32-4/h5-10,15-16H,11-14H2,1-4H3. The van der Waals surface area contributed by atoms with Crippen LogP contribution < -0.4 is 14.4 Å². The van der Waals surface area contributed by atoms with E-state index in [1.807, 2.05) is 18.2 Å². The van der Waals surface area contributed by atoms with Gasteiger partial charge in [0.1, 0.15) is 16.4 Å². The van der Waals surface area contributed by atoms with E-state index in [9.17, 15) is 8.42 Å². The first-order valence-electron chi connectivity index (χ1n) is 10.7. The van der Waals surface area contributed by atoms with Gasteiger partial charge in [-0.15, -0.1) is 10.2 Å². The summed E-state index contributed by atoms with van der Waals surface area (Å²) in [5.41, 5.74) is 4.30. The molecule has 1 aliphatic heterocycles. The number of nitrogens with zero attached hydrogens (tertiary/aromatic N) is 4. The van der Waals surface area contributed by atoms with Crippen LogP contribution in [0.4, 0.5) is 5.82 Å². The highest BCUT2D eigenvalue weighted by molar-refractivity contribution is 7.89. The number of benzene rings is 2. The minimum absolute atomic E-state index is 0.136. The summed E-state index contributed by atoms with van der Waals surface area (Å²) in [7, 11) is -0.718. The lowest BCUT2D eigenvalue weighted by Crippen LogP contribution is -2.49. The molecule has 0 N–H and O–H groups in total. The molecule has 0 bridgehead atoms. The number of aryl methyl sites for hydroxylation is 2. The lowest BCUT2D eigenvalue weighted by molar-refractivity contribution is 0.369. The quantitative estimate of drug-likeness (QED) is 0.549. The minimum atomic E-state index is -3.70. The summed E-state index contributed by atoms with van der Waals surface area (Å²) in [5.74, 6) is 1.55. The van der Waals surface area contributed by atoms with Crippen molar-refractivity contribution in [1.82, 2.24) is 14.5 Å². The van der Waals surface area contributed by atoms with Crippen LogP contribution >= 0.6 is 0 Å². The molecule has 0 amide bonds. The van der Waals surface area contributed by atoms with Gasteiger partial charge in [0.25, 0.3) is 0 Å². The van der Waals surface area contributed by atoms with Crippen LogP contribution in [0.3, 0.4) is 0 Å². The van der Waals surface area contributed by atoms with Crippen LogP contribution in [0.2, 0.25) is 0 Å². The van der Waals surface area contributed by atoms with Crippen molar-refractivity contribution >= 4 is 15.8 Å². The van der Waals surface area contributed by atoms with Crippen LogP contribution in [0.25, 0.3) is 11.3 Å². The van der Waals surface area contributed by atoms with E-state index >= 15 is 0 Å². The maximum Gasteiger partial charge on any atom is 0.246 e. The summed E-state index contributed by atoms with van der Waals surface area (Å²) in [6.07, 6.45) is 0. The average molecular weight is 469 g/mol. The number of hydrogen-bond acceptors (Lipinski definition) is 7. The molecule has 1 fully saturated rings. The van der Waals surface area contributed by atoms with Crippen LogP contribution in [0, 0.1) is 13.8 Å². The van der Waals surface area contributed by atoms with Crippen molar-refractivity contribution in [1.29, 1.82) is 0 Å². The van der Waals surface area contributed by atoms with Crippen molar-refractivity contribution in [2.75, 3.05) is 45.3 Å². The Morgan fingerprint density at radius 1 is 0.818 bits per heavy atom. The average Bonchev–Trinajstić information content (AvgIpc) is 2.85. The van der Waals surface area contributed by atoms with Gasteiger partial charge in [0.2, 0.25) is 10.0 Å². The van der Waals surface area contributed by atoms with E-state index in [-0.39, 0.29) is 10.6 Å². The zero-order chi connectivity index (χ0) is 23.6. The van der Waals surface area contributed by atoms with Gasteiger partial charge in [-0.25, -0.2) is 8.42 Å². The number of ether oxygens (including phenoxy) is 2. The molecular formula is C24H28N4O4S. The van der Waals surface area contributed by atoms with Crippen LogP contribution in [0.5, 0.6) is 11.5 Å². The summed E-state index contributed by atoms with van der Waals surface area (Å²) in [6, 6.07) is 14.9. The monoisotopic (exact) mass is 468 g/mol. The first-order chi connectivity index (χ1) is 15.8. The molecule has 2 aromatic carbocycles. The molecule has 1 aromatic heterocycles. The number of rotatable bonds is 6. The second-order valence-corrected chi connectivity index (χ2v) is 9.89. The molecule has 8 nitrogen and oxygen atoms in total. The maximum atomic E-state index is 13.2. The summed E-state index contributed by atoms with van der Waals surface area (Å²) < 4.78 is 38.4. The van der Waals surface area contributed by atoms with Crippen LogP contribution in [-0.4, -0.2) is 63.3 Å². The largest absolute Gasteiger partial charge is 0.497 e. The van der Waals surface area contributed by atoms with Gasteiger partial charge in [0, 0.05) is 37.8 Å². The summed E-state index contributed by atoms with van der Waals surface area (Å²) in [5, 5.41) is 8.79. The normalized spacial score (nSPS) is 14.8. The van der Waals surface area contributed by atoms with Gasteiger partial charge in [0.05, 0.1) is 19.9 Å². The molecule has 0 unspecified atom stereocenters. The molecule has 0 atom stereocenters. The fourth-order valence-corrected chi connectivity index (χ4v) is 5.39. The maximum absolute atomic E-state index is 13.2. The highest BCUT2D eigenvalue weighted by Gasteiger charge is 2.31. The van der Waals surface area contributed by atoms with Crippen LogP contribution in [0.15, 0.2) is 53.4 Å². The highest BCUT2D eigenvalue weighted by atomic mass is 32.2.